The minimum absolute atomic E-state index is 0.0218. The maximum absolute atomic E-state index is 12.5. The van der Waals surface area contributed by atoms with Crippen LogP contribution in [0.15, 0.2) is 6.07 Å². The van der Waals surface area contributed by atoms with Gasteiger partial charge < -0.3 is 9.84 Å². The average molecular weight is 415 g/mol. The van der Waals surface area contributed by atoms with Crippen LogP contribution in [-0.2, 0) is 17.4 Å². The standard InChI is InChI=1S/C9H4F6INO3/c10-8(11,12)5-2-4(20-9(13,14)15)3(1-6(18)19)7(16)17-5/h2H,1H2,(H,18,19). The summed E-state index contributed by atoms with van der Waals surface area (Å²) in [5, 5.41) is 8.55. The highest BCUT2D eigenvalue weighted by Gasteiger charge is 2.38. The Bertz CT molecular complexity index is 528. The van der Waals surface area contributed by atoms with E-state index < -0.39 is 45.6 Å². The number of carbonyl (C=O) groups is 1. The van der Waals surface area contributed by atoms with Crippen molar-refractivity contribution >= 4 is 28.6 Å². The summed E-state index contributed by atoms with van der Waals surface area (Å²) < 4.78 is 76.7. The summed E-state index contributed by atoms with van der Waals surface area (Å²) in [6.45, 7) is 0. The molecule has 20 heavy (non-hydrogen) atoms. The first kappa shape index (κ1) is 16.8. The Kier molecular flexibility index (Phi) is 4.71. The second-order valence-corrected chi connectivity index (χ2v) is 4.41. The first-order chi connectivity index (χ1) is 8.90. The Labute approximate surface area is 120 Å². The van der Waals surface area contributed by atoms with Gasteiger partial charge in [0.1, 0.15) is 15.1 Å². The predicted molar refractivity (Wildman–Crippen MR) is 60.0 cm³/mol. The van der Waals surface area contributed by atoms with Crippen molar-refractivity contribution in [1.82, 2.24) is 4.98 Å². The van der Waals surface area contributed by atoms with Gasteiger partial charge in [-0.25, -0.2) is 4.98 Å². The summed E-state index contributed by atoms with van der Waals surface area (Å²) in [6, 6.07) is 0.0218. The largest absolute Gasteiger partial charge is 0.573 e. The lowest BCUT2D eigenvalue weighted by atomic mass is 10.1. The van der Waals surface area contributed by atoms with E-state index in [0.717, 1.165) is 0 Å². The lowest BCUT2D eigenvalue weighted by Crippen LogP contribution is -2.21. The minimum atomic E-state index is -5.25. The average Bonchev–Trinajstić information content (AvgIpc) is 2.18. The van der Waals surface area contributed by atoms with Gasteiger partial charge in [-0.2, -0.15) is 13.2 Å². The van der Waals surface area contributed by atoms with Crippen LogP contribution < -0.4 is 4.74 Å². The van der Waals surface area contributed by atoms with E-state index in [4.69, 9.17) is 5.11 Å². The molecule has 0 saturated carbocycles. The van der Waals surface area contributed by atoms with Gasteiger partial charge in [-0.15, -0.1) is 13.2 Å². The third-order valence-electron chi connectivity index (χ3n) is 1.88. The van der Waals surface area contributed by atoms with E-state index in [1.54, 1.807) is 0 Å². The number of hydrogen-bond donors (Lipinski definition) is 1. The molecule has 1 N–H and O–H groups in total. The summed E-state index contributed by atoms with van der Waals surface area (Å²) >= 11 is 1.21. The summed E-state index contributed by atoms with van der Waals surface area (Å²) in [5.41, 5.74) is -2.18. The van der Waals surface area contributed by atoms with Crippen molar-refractivity contribution < 1.29 is 41.0 Å². The molecule has 0 amide bonds. The number of pyridine rings is 1. The van der Waals surface area contributed by atoms with Crippen LogP contribution in [0.1, 0.15) is 11.3 Å². The van der Waals surface area contributed by atoms with Gasteiger partial charge in [-0.1, -0.05) is 0 Å². The van der Waals surface area contributed by atoms with Crippen LogP contribution >= 0.6 is 22.6 Å². The molecule has 1 heterocycles. The number of nitrogens with zero attached hydrogens (tertiary/aromatic N) is 1. The molecule has 0 saturated heterocycles. The Hall–Kier alpha value is -1.27. The van der Waals surface area contributed by atoms with Crippen molar-refractivity contribution in [2.75, 3.05) is 0 Å². The van der Waals surface area contributed by atoms with E-state index in [9.17, 15) is 31.1 Å². The van der Waals surface area contributed by atoms with Gasteiger partial charge in [0, 0.05) is 11.6 Å². The van der Waals surface area contributed by atoms with Gasteiger partial charge in [0.25, 0.3) is 0 Å². The molecule has 0 aliphatic rings. The molecule has 4 nitrogen and oxygen atoms in total. The molecule has 1 aromatic heterocycles. The van der Waals surface area contributed by atoms with Crippen LogP contribution in [0.3, 0.4) is 0 Å². The van der Waals surface area contributed by atoms with Crippen LogP contribution in [0, 0.1) is 3.70 Å². The van der Waals surface area contributed by atoms with Crippen LogP contribution in [0.4, 0.5) is 26.3 Å². The Morgan fingerprint density at radius 3 is 2.25 bits per heavy atom. The normalized spacial score (nSPS) is 12.3. The zero-order valence-corrected chi connectivity index (χ0v) is 11.3. The molecule has 0 aliphatic carbocycles. The molecule has 0 unspecified atom stereocenters. The molecular weight excluding hydrogens is 411 g/mol. The summed E-state index contributed by atoms with van der Waals surface area (Å²) in [5.74, 6) is -2.76. The van der Waals surface area contributed by atoms with Gasteiger partial charge in [-0.3, -0.25) is 4.79 Å². The van der Waals surface area contributed by atoms with Crippen molar-refractivity contribution in [3.63, 3.8) is 0 Å². The highest BCUT2D eigenvalue weighted by Crippen LogP contribution is 2.35. The zero-order chi connectivity index (χ0) is 15.7. The molecule has 0 fully saturated rings. The quantitative estimate of drug-likeness (QED) is 0.468. The number of aliphatic carboxylic acids is 1. The van der Waals surface area contributed by atoms with Gasteiger partial charge in [0.15, 0.2) is 0 Å². The number of aromatic nitrogens is 1. The molecule has 0 aromatic carbocycles. The van der Waals surface area contributed by atoms with E-state index >= 15 is 0 Å². The Morgan fingerprint density at radius 1 is 1.30 bits per heavy atom. The molecule has 0 bridgehead atoms. The number of carboxylic acid groups (broad SMARTS) is 1. The molecular formula is C9H4F6INO3. The highest BCUT2D eigenvalue weighted by molar-refractivity contribution is 14.1. The van der Waals surface area contributed by atoms with E-state index in [0.29, 0.717) is 0 Å². The second-order valence-electron chi connectivity index (χ2n) is 3.39. The third-order valence-corrected chi connectivity index (χ3v) is 2.77. The smallest absolute Gasteiger partial charge is 0.481 e. The van der Waals surface area contributed by atoms with E-state index in [-0.39, 0.29) is 6.07 Å². The lowest BCUT2D eigenvalue weighted by Gasteiger charge is -2.15. The van der Waals surface area contributed by atoms with Gasteiger partial charge >= 0.3 is 18.5 Å². The van der Waals surface area contributed by atoms with Crippen molar-refractivity contribution in [2.45, 2.75) is 19.0 Å². The SMILES string of the molecule is O=C(O)Cc1c(OC(F)(F)F)cc(C(F)(F)F)nc1I. The molecule has 1 aromatic rings. The second kappa shape index (κ2) is 5.61. The zero-order valence-electron chi connectivity index (χ0n) is 9.14. The van der Waals surface area contributed by atoms with Crippen LogP contribution in [-0.4, -0.2) is 22.4 Å². The fourth-order valence-electron chi connectivity index (χ4n) is 1.19. The van der Waals surface area contributed by atoms with Crippen molar-refractivity contribution in [3.8, 4) is 5.75 Å². The summed E-state index contributed by atoms with van der Waals surface area (Å²) in [4.78, 5) is 13.6. The minimum Gasteiger partial charge on any atom is -0.481 e. The van der Waals surface area contributed by atoms with Gasteiger partial charge in [0.05, 0.1) is 6.42 Å². The highest BCUT2D eigenvalue weighted by atomic mass is 127. The fraction of sp³-hybridized carbons (Fsp3) is 0.333. The number of rotatable bonds is 3. The fourth-order valence-corrected chi connectivity index (χ4v) is 1.91. The molecule has 1 rings (SSSR count). The third kappa shape index (κ3) is 4.68. The van der Waals surface area contributed by atoms with Crippen LogP contribution in [0.5, 0.6) is 5.75 Å². The first-order valence-electron chi connectivity index (χ1n) is 4.64. The number of hydrogen-bond acceptors (Lipinski definition) is 3. The van der Waals surface area contributed by atoms with E-state index in [1.165, 1.54) is 22.6 Å². The first-order valence-corrected chi connectivity index (χ1v) is 5.72. The Balaban J connectivity index is 3.39. The maximum Gasteiger partial charge on any atom is 0.573 e. The molecule has 0 atom stereocenters. The monoisotopic (exact) mass is 415 g/mol. The molecule has 0 radical (unpaired) electrons. The van der Waals surface area contributed by atoms with E-state index in [2.05, 4.69) is 9.72 Å². The number of alkyl halides is 6. The Morgan fingerprint density at radius 2 is 1.85 bits per heavy atom. The van der Waals surface area contributed by atoms with Gasteiger partial charge in [0.2, 0.25) is 0 Å². The van der Waals surface area contributed by atoms with E-state index in [1.807, 2.05) is 0 Å². The van der Waals surface area contributed by atoms with Crippen molar-refractivity contribution in [2.24, 2.45) is 0 Å². The number of halogens is 7. The lowest BCUT2D eigenvalue weighted by molar-refractivity contribution is -0.275. The predicted octanol–water partition coefficient (Wildman–Crippen LogP) is 3.23. The summed E-state index contributed by atoms with van der Waals surface area (Å²) in [6.07, 6.45) is -11.2. The molecule has 0 spiro atoms. The molecule has 112 valence electrons. The summed E-state index contributed by atoms with van der Waals surface area (Å²) in [7, 11) is 0. The van der Waals surface area contributed by atoms with Crippen molar-refractivity contribution in [3.05, 3.63) is 21.0 Å². The number of carboxylic acids is 1. The number of ether oxygens (including phenoxy) is 1. The molecule has 11 heteroatoms. The van der Waals surface area contributed by atoms with Crippen molar-refractivity contribution in [1.29, 1.82) is 0 Å². The maximum atomic E-state index is 12.5. The molecule has 0 aliphatic heterocycles. The van der Waals surface area contributed by atoms with Gasteiger partial charge in [-0.05, 0) is 22.6 Å². The van der Waals surface area contributed by atoms with Crippen LogP contribution in [0.2, 0.25) is 0 Å². The topological polar surface area (TPSA) is 59.4 Å². The van der Waals surface area contributed by atoms with Crippen LogP contribution in [0.25, 0.3) is 0 Å².